The molecule has 0 bridgehead atoms. The summed E-state index contributed by atoms with van der Waals surface area (Å²) in [4.78, 5) is 25.6. The summed E-state index contributed by atoms with van der Waals surface area (Å²) in [5.41, 5.74) is 0.780. The minimum atomic E-state index is -3.38. The second kappa shape index (κ2) is 6.62. The van der Waals surface area contributed by atoms with Crippen LogP contribution in [0.1, 0.15) is 34.1 Å². The third kappa shape index (κ3) is 3.09. The first-order valence-corrected chi connectivity index (χ1v) is 9.68. The number of amides is 2. The molecule has 0 spiro atoms. The SMILES string of the molecule is CC1CNCCN1S(=O)(=O)CCCN1C(=O)c2ccccc2C1=O. The van der Waals surface area contributed by atoms with Gasteiger partial charge in [0.15, 0.2) is 0 Å². The van der Waals surface area contributed by atoms with E-state index >= 15 is 0 Å². The van der Waals surface area contributed by atoms with Crippen molar-refractivity contribution in [1.29, 1.82) is 0 Å². The average molecular weight is 351 g/mol. The van der Waals surface area contributed by atoms with Gasteiger partial charge < -0.3 is 5.32 Å². The van der Waals surface area contributed by atoms with E-state index in [1.165, 1.54) is 4.31 Å². The van der Waals surface area contributed by atoms with Crippen LogP contribution in [0.15, 0.2) is 24.3 Å². The average Bonchev–Trinajstić information content (AvgIpc) is 2.80. The lowest BCUT2D eigenvalue weighted by atomic mass is 10.1. The fraction of sp³-hybridized carbons (Fsp3) is 0.500. The van der Waals surface area contributed by atoms with Gasteiger partial charge in [-0.3, -0.25) is 14.5 Å². The second-order valence-corrected chi connectivity index (χ2v) is 8.18. The number of hydrogen-bond donors (Lipinski definition) is 1. The summed E-state index contributed by atoms with van der Waals surface area (Å²) >= 11 is 0. The molecule has 2 aliphatic heterocycles. The van der Waals surface area contributed by atoms with E-state index < -0.39 is 10.0 Å². The van der Waals surface area contributed by atoms with E-state index in [4.69, 9.17) is 0 Å². The van der Waals surface area contributed by atoms with Gasteiger partial charge in [-0.05, 0) is 25.5 Å². The number of sulfonamides is 1. The van der Waals surface area contributed by atoms with Crippen molar-refractivity contribution in [3.8, 4) is 0 Å². The molecule has 0 radical (unpaired) electrons. The van der Waals surface area contributed by atoms with Gasteiger partial charge in [0.05, 0.1) is 16.9 Å². The molecule has 0 aromatic heterocycles. The van der Waals surface area contributed by atoms with Crippen molar-refractivity contribution in [2.45, 2.75) is 19.4 Å². The van der Waals surface area contributed by atoms with E-state index in [1.54, 1.807) is 24.3 Å². The number of benzene rings is 1. The van der Waals surface area contributed by atoms with Gasteiger partial charge in [-0.2, -0.15) is 4.31 Å². The number of nitrogens with one attached hydrogen (secondary N) is 1. The molecule has 1 aromatic carbocycles. The monoisotopic (exact) mass is 351 g/mol. The molecule has 0 saturated carbocycles. The van der Waals surface area contributed by atoms with Crippen LogP contribution in [-0.4, -0.2) is 67.4 Å². The fourth-order valence-corrected chi connectivity index (χ4v) is 4.92. The van der Waals surface area contributed by atoms with Crippen molar-refractivity contribution in [1.82, 2.24) is 14.5 Å². The number of carbonyl (C=O) groups excluding carboxylic acids is 2. The van der Waals surface area contributed by atoms with Crippen molar-refractivity contribution < 1.29 is 18.0 Å². The summed E-state index contributed by atoms with van der Waals surface area (Å²) in [7, 11) is -3.38. The molecule has 130 valence electrons. The number of imide groups is 1. The van der Waals surface area contributed by atoms with Crippen LogP contribution < -0.4 is 5.32 Å². The lowest BCUT2D eigenvalue weighted by Crippen LogP contribution is -2.52. The Morgan fingerprint density at radius 3 is 2.38 bits per heavy atom. The molecule has 2 amide bonds. The number of fused-ring (bicyclic) bond motifs is 1. The third-order valence-electron chi connectivity index (χ3n) is 4.46. The molecule has 7 nitrogen and oxygen atoms in total. The van der Waals surface area contributed by atoms with Gasteiger partial charge in [0, 0.05) is 32.2 Å². The van der Waals surface area contributed by atoms with E-state index in [1.807, 2.05) is 6.92 Å². The maximum absolute atomic E-state index is 12.5. The molecule has 3 rings (SSSR count). The second-order valence-electron chi connectivity index (χ2n) is 6.14. The van der Waals surface area contributed by atoms with Gasteiger partial charge in [0.1, 0.15) is 0 Å². The topological polar surface area (TPSA) is 86.8 Å². The molecule has 2 heterocycles. The van der Waals surface area contributed by atoms with Gasteiger partial charge in [-0.15, -0.1) is 0 Å². The Kier molecular flexibility index (Phi) is 4.71. The summed E-state index contributed by atoms with van der Waals surface area (Å²) < 4.78 is 26.4. The number of nitrogens with zero attached hydrogens (tertiary/aromatic N) is 2. The van der Waals surface area contributed by atoms with Gasteiger partial charge in [-0.25, -0.2) is 8.42 Å². The van der Waals surface area contributed by atoms with Crippen LogP contribution in [0.4, 0.5) is 0 Å². The zero-order valence-electron chi connectivity index (χ0n) is 13.6. The third-order valence-corrected chi connectivity index (χ3v) is 6.52. The van der Waals surface area contributed by atoms with Crippen LogP contribution in [0.25, 0.3) is 0 Å². The molecule has 1 unspecified atom stereocenters. The molecule has 1 saturated heterocycles. The Bertz CT molecular complexity index is 727. The van der Waals surface area contributed by atoms with Gasteiger partial charge >= 0.3 is 0 Å². The van der Waals surface area contributed by atoms with Gasteiger partial charge in [0.25, 0.3) is 11.8 Å². The van der Waals surface area contributed by atoms with Gasteiger partial charge in [-0.1, -0.05) is 12.1 Å². The summed E-state index contributed by atoms with van der Waals surface area (Å²) in [5.74, 6) is -0.753. The Labute approximate surface area is 141 Å². The van der Waals surface area contributed by atoms with Crippen LogP contribution in [0, 0.1) is 0 Å². The first kappa shape index (κ1) is 17.1. The Morgan fingerprint density at radius 2 is 1.79 bits per heavy atom. The summed E-state index contributed by atoms with van der Waals surface area (Å²) in [5, 5.41) is 3.16. The fourth-order valence-electron chi connectivity index (χ4n) is 3.20. The molecular weight excluding hydrogens is 330 g/mol. The van der Waals surface area contributed by atoms with E-state index in [2.05, 4.69) is 5.32 Å². The molecular formula is C16H21N3O4S. The number of hydrogen-bond acceptors (Lipinski definition) is 5. The highest BCUT2D eigenvalue weighted by Crippen LogP contribution is 2.22. The maximum atomic E-state index is 12.5. The van der Waals surface area contributed by atoms with Crippen LogP contribution in [0.5, 0.6) is 0 Å². The Balaban J connectivity index is 1.61. The zero-order chi connectivity index (χ0) is 17.3. The minimum absolute atomic E-state index is 0.0647. The lowest BCUT2D eigenvalue weighted by molar-refractivity contribution is 0.0654. The maximum Gasteiger partial charge on any atom is 0.261 e. The predicted octanol–water partition coefficient (Wildman–Crippen LogP) is 0.296. The van der Waals surface area contributed by atoms with E-state index in [0.29, 0.717) is 30.8 Å². The summed E-state index contributed by atoms with van der Waals surface area (Å²) in [6.07, 6.45) is 0.241. The number of rotatable bonds is 5. The number of carbonyl (C=O) groups is 2. The largest absolute Gasteiger partial charge is 0.314 e. The molecule has 1 atom stereocenters. The molecule has 2 aliphatic rings. The number of piperazine rings is 1. The molecule has 8 heteroatoms. The molecule has 1 N–H and O–H groups in total. The Morgan fingerprint density at radius 1 is 1.17 bits per heavy atom. The predicted molar refractivity (Wildman–Crippen MR) is 89.3 cm³/mol. The van der Waals surface area contributed by atoms with Crippen molar-refractivity contribution in [3.05, 3.63) is 35.4 Å². The standard InChI is InChI=1S/C16H21N3O4S/c1-12-11-17-7-9-19(12)24(22,23)10-4-8-18-15(20)13-5-2-3-6-14(13)16(18)21/h2-3,5-6,12,17H,4,7-11H2,1H3. The minimum Gasteiger partial charge on any atom is -0.314 e. The lowest BCUT2D eigenvalue weighted by Gasteiger charge is -2.33. The van der Waals surface area contributed by atoms with Crippen molar-refractivity contribution >= 4 is 21.8 Å². The Hall–Kier alpha value is -1.77. The van der Waals surface area contributed by atoms with Crippen LogP contribution >= 0.6 is 0 Å². The van der Waals surface area contributed by atoms with Gasteiger partial charge in [0.2, 0.25) is 10.0 Å². The van der Waals surface area contributed by atoms with E-state index in [0.717, 1.165) is 4.90 Å². The molecule has 0 aliphatic carbocycles. The highest BCUT2D eigenvalue weighted by Gasteiger charge is 2.35. The van der Waals surface area contributed by atoms with Crippen molar-refractivity contribution in [2.75, 3.05) is 31.9 Å². The highest BCUT2D eigenvalue weighted by molar-refractivity contribution is 7.89. The first-order chi connectivity index (χ1) is 11.4. The smallest absolute Gasteiger partial charge is 0.261 e. The van der Waals surface area contributed by atoms with Crippen LogP contribution in [0.2, 0.25) is 0 Å². The summed E-state index contributed by atoms with van der Waals surface area (Å²) in [6.45, 7) is 3.72. The molecule has 1 aromatic rings. The summed E-state index contributed by atoms with van der Waals surface area (Å²) in [6, 6.07) is 6.58. The first-order valence-electron chi connectivity index (χ1n) is 8.07. The van der Waals surface area contributed by atoms with Crippen molar-refractivity contribution in [3.63, 3.8) is 0 Å². The molecule has 24 heavy (non-hydrogen) atoms. The quantitative estimate of drug-likeness (QED) is 0.771. The van der Waals surface area contributed by atoms with E-state index in [9.17, 15) is 18.0 Å². The van der Waals surface area contributed by atoms with E-state index in [-0.39, 0.29) is 36.6 Å². The van der Waals surface area contributed by atoms with Crippen LogP contribution in [-0.2, 0) is 10.0 Å². The molecule has 1 fully saturated rings. The highest BCUT2D eigenvalue weighted by atomic mass is 32.2. The zero-order valence-corrected chi connectivity index (χ0v) is 14.4. The normalized spacial score (nSPS) is 22.0. The van der Waals surface area contributed by atoms with Crippen LogP contribution in [0.3, 0.4) is 0 Å². The van der Waals surface area contributed by atoms with Crippen molar-refractivity contribution in [2.24, 2.45) is 0 Å².